The zero-order chi connectivity index (χ0) is 29.9. The van der Waals surface area contributed by atoms with Crippen LogP contribution < -0.4 is 9.05 Å². The van der Waals surface area contributed by atoms with Gasteiger partial charge in [-0.05, 0) is 48.5 Å². The predicted octanol–water partition coefficient (Wildman–Crippen LogP) is 5.63. The first-order chi connectivity index (χ1) is 17.4. The van der Waals surface area contributed by atoms with Gasteiger partial charge in [-0.25, -0.2) is 0 Å². The number of benzene rings is 2. The van der Waals surface area contributed by atoms with E-state index < -0.39 is 41.6 Å². The van der Waals surface area contributed by atoms with E-state index in [0.29, 0.717) is 9.79 Å². The van der Waals surface area contributed by atoms with Gasteiger partial charge >= 0.3 is 13.4 Å². The Hall–Kier alpha value is -0.470. The Morgan fingerprint density at radius 3 is 1.30 bits per heavy atom. The molecule has 27 heavy (non-hydrogen) atoms. The topological polar surface area (TPSA) is 55.4 Å². The Bertz CT molecular complexity index is 1070. The Labute approximate surface area is 190 Å². The third-order valence-corrected chi connectivity index (χ3v) is 6.89. The fraction of sp³-hybridized carbons (Fsp3) is 0.250. The van der Waals surface area contributed by atoms with Crippen molar-refractivity contribution in [1.29, 1.82) is 0 Å². The van der Waals surface area contributed by atoms with Crippen molar-refractivity contribution in [3.8, 4) is 11.5 Å². The molecule has 11 heteroatoms. The van der Waals surface area contributed by atoms with Gasteiger partial charge in [0.2, 0.25) is 0 Å². The van der Waals surface area contributed by atoms with Gasteiger partial charge in [-0.1, -0.05) is 11.8 Å². The lowest BCUT2D eigenvalue weighted by Gasteiger charge is -2.18. The minimum Gasteiger partial charge on any atom is -0.424 e. The molecule has 0 saturated heterocycles. The lowest BCUT2D eigenvalue weighted by Crippen LogP contribution is -1.96. The normalized spacial score (nSPS) is 20.4. The van der Waals surface area contributed by atoms with Crippen LogP contribution in [-0.2, 0) is 41.7 Å². The lowest BCUT2D eigenvalue weighted by molar-refractivity contribution is 0.272. The Balaban J connectivity index is 2.12. The zero-order valence-corrected chi connectivity index (χ0v) is 17.4. The van der Waals surface area contributed by atoms with Gasteiger partial charge in [0.15, 0.2) is 0 Å². The highest BCUT2D eigenvalue weighted by molar-refractivity contribution is 8.08. The lowest BCUT2D eigenvalue weighted by atomic mass is 10.3. The maximum atomic E-state index is 7.21. The van der Waals surface area contributed by atoms with Crippen molar-refractivity contribution < 1.29 is 43.6 Å². The van der Waals surface area contributed by atoms with Crippen molar-refractivity contribution in [2.45, 2.75) is 9.79 Å². The van der Waals surface area contributed by atoms with Crippen LogP contribution in [0.25, 0.3) is 0 Å². The first kappa shape index (κ1) is 11.1. The molecule has 2 aromatic rings. The van der Waals surface area contributed by atoms with Crippen molar-refractivity contribution in [1.82, 2.24) is 0 Å². The van der Waals surface area contributed by atoms with E-state index in [9.17, 15) is 0 Å². The molecule has 0 aliphatic rings. The summed E-state index contributed by atoms with van der Waals surface area (Å²) < 4.78 is 116. The molecule has 148 valence electrons. The van der Waals surface area contributed by atoms with Crippen molar-refractivity contribution in [3.63, 3.8) is 0 Å². The molecule has 0 saturated carbocycles. The molecule has 0 amide bonds. The molecular formula is C16H20O6P2S3. The summed E-state index contributed by atoms with van der Waals surface area (Å²) in [6.07, 6.45) is 0. The van der Waals surface area contributed by atoms with Gasteiger partial charge in [-0.2, -0.15) is 0 Å². The van der Waals surface area contributed by atoms with E-state index in [0.717, 1.165) is 0 Å². The molecular weight excluding hydrogens is 446 g/mol. The van der Waals surface area contributed by atoms with Gasteiger partial charge in [-0.3, -0.25) is 0 Å². The molecule has 0 heterocycles. The summed E-state index contributed by atoms with van der Waals surface area (Å²) in [5, 5.41) is 0. The molecule has 6 nitrogen and oxygen atoms in total. The monoisotopic (exact) mass is 478 g/mol. The van der Waals surface area contributed by atoms with E-state index in [2.05, 4.69) is 18.1 Å². The van der Waals surface area contributed by atoms with E-state index in [4.69, 9.17) is 49.1 Å². The molecule has 2 rings (SSSR count). The zero-order valence-electron chi connectivity index (χ0n) is 25.2. The fourth-order valence-corrected chi connectivity index (χ4v) is 3.96. The Kier molecular flexibility index (Phi) is 4.24. The van der Waals surface area contributed by atoms with Gasteiger partial charge in [0.1, 0.15) is 11.5 Å². The summed E-state index contributed by atoms with van der Waals surface area (Å²) in [5.74, 6) is 0.0170. The highest BCUT2D eigenvalue weighted by Gasteiger charge is 2.19. The first-order valence-corrected chi connectivity index (χ1v) is 12.7. The first-order valence-electron chi connectivity index (χ1n) is 12.7. The summed E-state index contributed by atoms with van der Waals surface area (Å²) >= 11 is 11.1. The average Bonchev–Trinajstić information content (AvgIpc) is 2.64. The summed E-state index contributed by atoms with van der Waals surface area (Å²) in [6.45, 7) is -8.45. The summed E-state index contributed by atoms with van der Waals surface area (Å²) in [5.41, 5.74) is 0. The largest absolute Gasteiger partial charge is 0.424 e. The van der Waals surface area contributed by atoms with Crippen LogP contribution >= 0.6 is 25.2 Å². The summed E-state index contributed by atoms with van der Waals surface area (Å²) in [7, 11) is -12.2. The highest BCUT2D eigenvalue weighted by atomic mass is 32.5. The van der Waals surface area contributed by atoms with E-state index in [1.54, 1.807) is 24.3 Å². The molecule has 0 atom stereocenters. The average molecular weight is 479 g/mol. The summed E-state index contributed by atoms with van der Waals surface area (Å²) in [4.78, 5) is 1.33. The van der Waals surface area contributed by atoms with Crippen LogP contribution in [0.2, 0.25) is 0 Å². The highest BCUT2D eigenvalue weighted by Crippen LogP contribution is 2.49. The number of hydrogen-bond acceptors (Lipinski definition) is 9. The quantitative estimate of drug-likeness (QED) is 0.404. The Morgan fingerprint density at radius 1 is 0.667 bits per heavy atom. The molecule has 2 aromatic carbocycles. The molecule has 0 unspecified atom stereocenters. The second-order valence-electron chi connectivity index (χ2n) is 4.49. The standard InChI is InChI=1S/C16H20O6P2S3/c1-17-23(25,18-2)21-13-5-9-15(10-6-13)27-16-11-7-14(8-12-16)22-24(26,19-3)20-4/h5-12H,1-4H3/i1D3,2D3,3D3,4D3. The van der Waals surface area contributed by atoms with Gasteiger partial charge in [0.25, 0.3) is 0 Å². The molecule has 0 radical (unpaired) electrons. The molecule has 0 aliphatic carbocycles. The summed E-state index contributed by atoms with van der Waals surface area (Å²) in [6, 6.07) is 11.9. The second-order valence-corrected chi connectivity index (χ2v) is 11.2. The number of hydrogen-bond donors (Lipinski definition) is 0. The minimum atomic E-state index is -4.22. The smallest absolute Gasteiger partial charge is 0.380 e. The molecule has 0 N–H and O–H groups in total. The van der Waals surface area contributed by atoms with Gasteiger partial charge in [0, 0.05) is 61.6 Å². The van der Waals surface area contributed by atoms with Crippen LogP contribution in [0.3, 0.4) is 0 Å². The molecule has 0 spiro atoms. The van der Waals surface area contributed by atoms with Gasteiger partial charge in [0.05, 0.1) is 16.4 Å². The molecule has 0 aliphatic heterocycles. The van der Waals surface area contributed by atoms with Crippen LogP contribution in [0.4, 0.5) is 0 Å². The van der Waals surface area contributed by atoms with Crippen molar-refractivity contribution >= 4 is 48.8 Å². The van der Waals surface area contributed by atoms with Crippen molar-refractivity contribution in [2.75, 3.05) is 28.2 Å². The minimum absolute atomic E-state index is 0.00852. The van der Waals surface area contributed by atoms with E-state index in [1.165, 1.54) is 36.0 Å². The predicted molar refractivity (Wildman–Crippen MR) is 115 cm³/mol. The molecule has 0 aromatic heterocycles. The van der Waals surface area contributed by atoms with Crippen molar-refractivity contribution in [3.05, 3.63) is 48.5 Å². The third-order valence-electron chi connectivity index (χ3n) is 2.76. The van der Waals surface area contributed by atoms with Crippen LogP contribution in [0.1, 0.15) is 16.4 Å². The maximum Gasteiger partial charge on any atom is 0.380 e. The van der Waals surface area contributed by atoms with Gasteiger partial charge < -0.3 is 27.1 Å². The Morgan fingerprint density at radius 2 is 1.00 bits per heavy atom. The number of rotatable bonds is 10. The van der Waals surface area contributed by atoms with Crippen LogP contribution in [0, 0.1) is 0 Å². The molecule has 0 bridgehead atoms. The van der Waals surface area contributed by atoms with Gasteiger partial charge in [-0.15, -0.1) is 0 Å². The van der Waals surface area contributed by atoms with E-state index in [1.807, 2.05) is 0 Å². The van der Waals surface area contributed by atoms with Crippen LogP contribution in [0.5, 0.6) is 11.5 Å². The maximum absolute atomic E-state index is 7.21. The van der Waals surface area contributed by atoms with Crippen LogP contribution in [-0.4, -0.2) is 28.2 Å². The SMILES string of the molecule is [2H]C([2H])([2H])OP(=S)(Oc1ccc(Sc2ccc(OP(=S)(OC([2H])([2H])[2H])OC([2H])([2H])[2H])cc2)cc1)OC([2H])([2H])[2H]. The van der Waals surface area contributed by atoms with E-state index >= 15 is 0 Å². The molecule has 0 fully saturated rings. The van der Waals surface area contributed by atoms with Crippen LogP contribution in [0.15, 0.2) is 58.3 Å². The fourth-order valence-electron chi connectivity index (χ4n) is 1.64. The second kappa shape index (κ2) is 10.3. The van der Waals surface area contributed by atoms with E-state index in [-0.39, 0.29) is 11.5 Å². The van der Waals surface area contributed by atoms with Crippen molar-refractivity contribution in [2.24, 2.45) is 0 Å². The third kappa shape index (κ3) is 6.82.